The number of para-hydroxylation sites is 2. The van der Waals surface area contributed by atoms with Crippen LogP contribution in [0.5, 0.6) is 0 Å². The molecule has 0 amide bonds. The molecule has 1 heterocycles. The average Bonchev–Trinajstić information content (AvgIpc) is 2.30. The van der Waals surface area contributed by atoms with Gasteiger partial charge in [0, 0.05) is 0 Å². The first-order chi connectivity index (χ1) is 5.29. The smallest absolute Gasteiger partial charge is 0.304 e. The molecular formula is C8H6NO2-. The van der Waals surface area contributed by atoms with Crippen LogP contribution in [0.1, 0.15) is 0 Å². The van der Waals surface area contributed by atoms with Gasteiger partial charge in [-0.25, -0.2) is 0 Å². The Hall–Kier alpha value is -1.64. The number of rotatable bonds is 0. The van der Waals surface area contributed by atoms with Crippen LogP contribution in [0.3, 0.4) is 0 Å². The number of fused-ring (bicyclic) bond motifs is 1. The van der Waals surface area contributed by atoms with Crippen LogP contribution in [-0.4, -0.2) is 4.57 Å². The van der Waals surface area contributed by atoms with Gasteiger partial charge in [-0.15, -0.1) is 7.05 Å². The first kappa shape index (κ1) is 6.09. The minimum absolute atomic E-state index is 0.425. The zero-order chi connectivity index (χ0) is 7.84. The van der Waals surface area contributed by atoms with Crippen LogP contribution in [0, 0.1) is 7.05 Å². The zero-order valence-corrected chi connectivity index (χ0v) is 5.78. The summed E-state index contributed by atoms with van der Waals surface area (Å²) in [5.74, 6) is -0.425. The van der Waals surface area contributed by atoms with Crippen molar-refractivity contribution in [2.75, 3.05) is 0 Å². The molecule has 0 spiro atoms. The number of hydrogen-bond acceptors (Lipinski definition) is 2. The Balaban J connectivity index is 3.04. The first-order valence-corrected chi connectivity index (χ1v) is 3.20. The lowest BCUT2D eigenvalue weighted by molar-refractivity contribution is 0.539. The average molecular weight is 148 g/mol. The van der Waals surface area contributed by atoms with Gasteiger partial charge >= 0.3 is 5.76 Å². The lowest BCUT2D eigenvalue weighted by Gasteiger charge is -1.96. The molecule has 2 aromatic rings. The molecule has 0 radical (unpaired) electrons. The Bertz CT molecular complexity index is 439. The van der Waals surface area contributed by atoms with Crippen molar-refractivity contribution in [3.63, 3.8) is 0 Å². The van der Waals surface area contributed by atoms with E-state index in [9.17, 15) is 4.79 Å². The second-order valence-corrected chi connectivity index (χ2v) is 2.26. The van der Waals surface area contributed by atoms with Gasteiger partial charge in [-0.3, -0.25) is 0 Å². The van der Waals surface area contributed by atoms with E-state index in [1.165, 1.54) is 4.57 Å². The van der Waals surface area contributed by atoms with E-state index in [-0.39, 0.29) is 0 Å². The molecule has 0 atom stereocenters. The van der Waals surface area contributed by atoms with Crippen molar-refractivity contribution in [2.24, 2.45) is 0 Å². The predicted octanol–water partition coefficient (Wildman–Crippen LogP) is 1.23. The number of oxazole rings is 1. The molecule has 0 unspecified atom stereocenters. The lowest BCUT2D eigenvalue weighted by Crippen LogP contribution is -2.06. The van der Waals surface area contributed by atoms with Crippen LogP contribution in [0.25, 0.3) is 11.1 Å². The molecule has 0 fully saturated rings. The Morgan fingerprint density at radius 3 is 2.82 bits per heavy atom. The van der Waals surface area contributed by atoms with E-state index in [0.29, 0.717) is 5.58 Å². The van der Waals surface area contributed by atoms with Crippen LogP contribution in [0.15, 0.2) is 33.5 Å². The number of benzene rings is 1. The van der Waals surface area contributed by atoms with Gasteiger partial charge in [-0.1, -0.05) is 18.2 Å². The normalized spacial score (nSPS) is 10.5. The van der Waals surface area contributed by atoms with E-state index in [2.05, 4.69) is 7.05 Å². The molecule has 0 saturated carbocycles. The standard InChI is InChI=1S/C8H6NO2/c1-9-6-4-2-3-5-7(6)11-8(9)10/h2-5H,1H2/q-1. The highest BCUT2D eigenvalue weighted by molar-refractivity contribution is 5.72. The lowest BCUT2D eigenvalue weighted by atomic mass is 10.3. The Kier molecular flexibility index (Phi) is 1.06. The zero-order valence-electron chi connectivity index (χ0n) is 5.78. The van der Waals surface area contributed by atoms with E-state index in [0.717, 1.165) is 5.52 Å². The maximum Gasteiger partial charge on any atom is 0.304 e. The van der Waals surface area contributed by atoms with Gasteiger partial charge in [-0.2, -0.15) is 0 Å². The number of nitrogens with zero attached hydrogens (tertiary/aromatic N) is 1. The maximum atomic E-state index is 10.9. The van der Waals surface area contributed by atoms with Gasteiger partial charge < -0.3 is 13.8 Å². The minimum Gasteiger partial charge on any atom is -0.479 e. The van der Waals surface area contributed by atoms with Gasteiger partial charge in [-0.05, 0) is 11.6 Å². The van der Waals surface area contributed by atoms with E-state index in [1.54, 1.807) is 12.1 Å². The Morgan fingerprint density at radius 2 is 2.09 bits per heavy atom. The van der Waals surface area contributed by atoms with Crippen molar-refractivity contribution >= 4 is 11.1 Å². The minimum atomic E-state index is -0.425. The molecule has 0 N–H and O–H groups in total. The van der Waals surface area contributed by atoms with Gasteiger partial charge in [0.05, 0.1) is 5.58 Å². The SMILES string of the molecule is [CH2-]n1c(=O)oc2ccccc21. The van der Waals surface area contributed by atoms with Crippen molar-refractivity contribution in [1.29, 1.82) is 0 Å². The monoisotopic (exact) mass is 148 g/mol. The predicted molar refractivity (Wildman–Crippen MR) is 41.2 cm³/mol. The van der Waals surface area contributed by atoms with Crippen LogP contribution >= 0.6 is 0 Å². The second-order valence-electron chi connectivity index (χ2n) is 2.26. The summed E-state index contributed by atoms with van der Waals surface area (Å²) >= 11 is 0. The summed E-state index contributed by atoms with van der Waals surface area (Å²) in [7, 11) is 3.52. The second kappa shape index (κ2) is 1.92. The molecule has 1 aromatic heterocycles. The summed E-state index contributed by atoms with van der Waals surface area (Å²) in [6, 6.07) is 7.16. The number of aromatic nitrogens is 1. The third-order valence-corrected chi connectivity index (χ3v) is 1.57. The summed E-state index contributed by atoms with van der Waals surface area (Å²) in [4.78, 5) is 10.9. The fourth-order valence-electron chi connectivity index (χ4n) is 1.01. The Morgan fingerprint density at radius 1 is 1.36 bits per heavy atom. The van der Waals surface area contributed by atoms with E-state index in [1.807, 2.05) is 12.1 Å². The van der Waals surface area contributed by atoms with Crippen LogP contribution < -0.4 is 5.76 Å². The number of hydrogen-bond donors (Lipinski definition) is 0. The third kappa shape index (κ3) is 0.741. The van der Waals surface area contributed by atoms with Crippen molar-refractivity contribution < 1.29 is 4.42 Å². The summed E-state index contributed by atoms with van der Waals surface area (Å²) in [5.41, 5.74) is 1.30. The largest absolute Gasteiger partial charge is 0.479 e. The molecule has 56 valence electrons. The molecule has 11 heavy (non-hydrogen) atoms. The molecule has 2 rings (SSSR count). The molecular weight excluding hydrogens is 142 g/mol. The van der Waals surface area contributed by atoms with Crippen molar-refractivity contribution in [3.05, 3.63) is 41.9 Å². The summed E-state index contributed by atoms with van der Waals surface area (Å²) in [6.45, 7) is 0. The molecule has 3 heteroatoms. The highest BCUT2D eigenvalue weighted by Gasteiger charge is 1.92. The molecule has 0 aliphatic rings. The van der Waals surface area contributed by atoms with Crippen LogP contribution in [-0.2, 0) is 0 Å². The quantitative estimate of drug-likeness (QED) is 0.527. The molecule has 0 aliphatic carbocycles. The topological polar surface area (TPSA) is 35.1 Å². The van der Waals surface area contributed by atoms with Gasteiger partial charge in [0.15, 0.2) is 0 Å². The third-order valence-electron chi connectivity index (χ3n) is 1.57. The van der Waals surface area contributed by atoms with Gasteiger partial charge in [0.2, 0.25) is 0 Å². The molecule has 0 bridgehead atoms. The first-order valence-electron chi connectivity index (χ1n) is 3.20. The van der Waals surface area contributed by atoms with Gasteiger partial charge in [0.25, 0.3) is 0 Å². The highest BCUT2D eigenvalue weighted by atomic mass is 16.4. The summed E-state index contributed by atoms with van der Waals surface area (Å²) < 4.78 is 6.08. The Labute approximate surface area is 62.9 Å². The molecule has 0 saturated heterocycles. The van der Waals surface area contributed by atoms with E-state index < -0.39 is 5.76 Å². The van der Waals surface area contributed by atoms with E-state index >= 15 is 0 Å². The highest BCUT2D eigenvalue weighted by Crippen LogP contribution is 2.09. The van der Waals surface area contributed by atoms with Crippen molar-refractivity contribution in [2.45, 2.75) is 0 Å². The van der Waals surface area contributed by atoms with Crippen LogP contribution in [0.4, 0.5) is 0 Å². The summed E-state index contributed by atoms with van der Waals surface area (Å²) in [5, 5.41) is 0. The maximum absolute atomic E-state index is 10.9. The molecule has 1 aromatic carbocycles. The van der Waals surface area contributed by atoms with E-state index in [4.69, 9.17) is 4.42 Å². The van der Waals surface area contributed by atoms with Crippen molar-refractivity contribution in [1.82, 2.24) is 4.57 Å². The van der Waals surface area contributed by atoms with Gasteiger partial charge in [0.1, 0.15) is 0 Å². The fourth-order valence-corrected chi connectivity index (χ4v) is 1.01. The van der Waals surface area contributed by atoms with Crippen molar-refractivity contribution in [3.8, 4) is 0 Å². The molecule has 3 nitrogen and oxygen atoms in total. The van der Waals surface area contributed by atoms with Crippen LogP contribution in [0.2, 0.25) is 0 Å². The molecule has 0 aliphatic heterocycles. The fraction of sp³-hybridized carbons (Fsp3) is 0. The summed E-state index contributed by atoms with van der Waals surface area (Å²) in [6.07, 6.45) is 0.